The van der Waals surface area contributed by atoms with Crippen LogP contribution in [-0.2, 0) is 6.61 Å². The number of hydrogen-bond donors (Lipinski definition) is 1. The number of hydrogen-bond acceptors (Lipinski definition) is 2. The van der Waals surface area contributed by atoms with E-state index < -0.39 is 0 Å². The van der Waals surface area contributed by atoms with Gasteiger partial charge in [-0.25, -0.2) is 0 Å². The molecule has 2 nitrogen and oxygen atoms in total. The van der Waals surface area contributed by atoms with E-state index in [0.717, 1.165) is 5.56 Å². The molecule has 8 heavy (non-hydrogen) atoms. The molecule has 2 heteroatoms. The molecule has 0 spiro atoms. The van der Waals surface area contributed by atoms with E-state index in [1.807, 2.05) is 0 Å². The number of rotatable bonds is 1. The van der Waals surface area contributed by atoms with Gasteiger partial charge in [0.25, 0.3) is 0 Å². The van der Waals surface area contributed by atoms with Crippen LogP contribution in [-0.4, -0.2) is 10.1 Å². The Balaban J connectivity index is 2.83. The maximum absolute atomic E-state index is 8.47. The molecule has 0 aromatic carbocycles. The zero-order valence-corrected chi connectivity index (χ0v) is 4.33. The van der Waals surface area contributed by atoms with Gasteiger partial charge in [0, 0.05) is 11.8 Å². The maximum Gasteiger partial charge on any atom is 0.0944 e. The molecule has 0 fully saturated rings. The first-order valence-electron chi connectivity index (χ1n) is 2.36. The smallest absolute Gasteiger partial charge is 0.0944 e. The van der Waals surface area contributed by atoms with Crippen molar-refractivity contribution >= 4 is 0 Å². The molecule has 0 saturated carbocycles. The van der Waals surface area contributed by atoms with Gasteiger partial charge >= 0.3 is 0 Å². The number of aliphatic hydroxyl groups is 1. The molecule has 41 valence electrons. The summed E-state index contributed by atoms with van der Waals surface area (Å²) in [5.41, 5.74) is 0.729. The summed E-state index contributed by atoms with van der Waals surface area (Å²) < 4.78 is 0. The Bertz CT molecular complexity index is 150. The highest BCUT2D eigenvalue weighted by Gasteiger charge is 1.83. The van der Waals surface area contributed by atoms with E-state index in [9.17, 15) is 0 Å². The maximum atomic E-state index is 8.47. The fraction of sp³-hybridized carbons (Fsp3) is 0.167. The van der Waals surface area contributed by atoms with E-state index in [1.54, 1.807) is 18.3 Å². The van der Waals surface area contributed by atoms with Gasteiger partial charge < -0.3 is 5.11 Å². The lowest BCUT2D eigenvalue weighted by molar-refractivity contribution is 0.281. The topological polar surface area (TPSA) is 33.1 Å². The molecule has 0 bridgehead atoms. The summed E-state index contributed by atoms with van der Waals surface area (Å²) >= 11 is 0. The first-order valence-corrected chi connectivity index (χ1v) is 2.36. The lowest BCUT2D eigenvalue weighted by Gasteiger charge is -1.87. The van der Waals surface area contributed by atoms with Crippen molar-refractivity contribution in [1.29, 1.82) is 0 Å². The molecule has 1 aromatic heterocycles. The summed E-state index contributed by atoms with van der Waals surface area (Å²) in [6.07, 6.45) is 4.24. The van der Waals surface area contributed by atoms with Gasteiger partial charge in [0.2, 0.25) is 0 Å². The zero-order chi connectivity index (χ0) is 5.82. The van der Waals surface area contributed by atoms with E-state index in [0.29, 0.717) is 0 Å². The largest absolute Gasteiger partial charge is 0.392 e. The Kier molecular flexibility index (Phi) is 1.59. The van der Waals surface area contributed by atoms with Gasteiger partial charge in [-0.15, -0.1) is 0 Å². The van der Waals surface area contributed by atoms with Crippen molar-refractivity contribution in [3.05, 3.63) is 30.1 Å². The summed E-state index contributed by atoms with van der Waals surface area (Å²) in [5.74, 6) is 0. The van der Waals surface area contributed by atoms with Crippen LogP contribution in [0.15, 0.2) is 18.3 Å². The minimum atomic E-state index is 0.0217. The summed E-state index contributed by atoms with van der Waals surface area (Å²) in [7, 11) is 0. The van der Waals surface area contributed by atoms with Crippen molar-refractivity contribution in [3.63, 3.8) is 0 Å². The molecule has 0 aliphatic heterocycles. The Morgan fingerprint density at radius 2 is 2.62 bits per heavy atom. The summed E-state index contributed by atoms with van der Waals surface area (Å²) in [4.78, 5) is 3.67. The molecule has 1 aromatic rings. The standard InChI is InChI=1S/C6H6NO/c8-5-6-2-1-3-7-4-6/h1-3,8H,5H2. The Morgan fingerprint density at radius 1 is 1.75 bits per heavy atom. The molecular weight excluding hydrogens is 102 g/mol. The molecule has 0 unspecified atom stereocenters. The lowest BCUT2D eigenvalue weighted by Crippen LogP contribution is -1.81. The van der Waals surface area contributed by atoms with Gasteiger partial charge in [-0.3, -0.25) is 4.98 Å². The second kappa shape index (κ2) is 2.43. The second-order valence-corrected chi connectivity index (χ2v) is 1.43. The van der Waals surface area contributed by atoms with Crippen molar-refractivity contribution in [2.45, 2.75) is 6.61 Å². The highest BCUT2D eigenvalue weighted by Crippen LogP contribution is 1.91. The quantitative estimate of drug-likeness (QED) is 0.564. The summed E-state index contributed by atoms with van der Waals surface area (Å²) in [5, 5.41) is 8.47. The van der Waals surface area contributed by atoms with Gasteiger partial charge in [-0.05, 0) is 6.07 Å². The van der Waals surface area contributed by atoms with Gasteiger partial charge in [0.15, 0.2) is 0 Å². The van der Waals surface area contributed by atoms with Crippen molar-refractivity contribution in [2.75, 3.05) is 0 Å². The Labute approximate surface area is 47.8 Å². The molecule has 1 heterocycles. The van der Waals surface area contributed by atoms with E-state index >= 15 is 0 Å². The third kappa shape index (κ3) is 1.04. The molecule has 0 saturated heterocycles. The second-order valence-electron chi connectivity index (χ2n) is 1.43. The SMILES string of the molecule is OCc1[c]nccc1. The minimum Gasteiger partial charge on any atom is -0.392 e. The number of pyridine rings is 1. The predicted octanol–water partition coefficient (Wildman–Crippen LogP) is 0.374. The van der Waals surface area contributed by atoms with Gasteiger partial charge in [0.1, 0.15) is 0 Å². The third-order valence-corrected chi connectivity index (χ3v) is 0.837. The Morgan fingerprint density at radius 3 is 3.00 bits per heavy atom. The zero-order valence-electron chi connectivity index (χ0n) is 4.33. The van der Waals surface area contributed by atoms with Crippen LogP contribution in [0.4, 0.5) is 0 Å². The number of aliphatic hydroxyl groups excluding tert-OH is 1. The van der Waals surface area contributed by atoms with Crippen molar-refractivity contribution < 1.29 is 5.11 Å². The van der Waals surface area contributed by atoms with Crippen LogP contribution in [0, 0.1) is 6.20 Å². The normalized spacial score (nSPS) is 9.12. The van der Waals surface area contributed by atoms with E-state index in [-0.39, 0.29) is 6.61 Å². The number of aromatic nitrogens is 1. The average Bonchev–Trinajstić information content (AvgIpc) is 1.90. The van der Waals surface area contributed by atoms with Crippen LogP contribution in [0.3, 0.4) is 0 Å². The molecule has 0 aliphatic rings. The third-order valence-electron chi connectivity index (χ3n) is 0.837. The van der Waals surface area contributed by atoms with E-state index in [2.05, 4.69) is 11.2 Å². The van der Waals surface area contributed by atoms with Crippen LogP contribution >= 0.6 is 0 Å². The first kappa shape index (κ1) is 5.25. The molecule has 1 radical (unpaired) electrons. The fourth-order valence-electron chi connectivity index (χ4n) is 0.448. The highest BCUT2D eigenvalue weighted by molar-refractivity contribution is 5.04. The van der Waals surface area contributed by atoms with Gasteiger partial charge in [0.05, 0.1) is 12.8 Å². The molecule has 0 aliphatic carbocycles. The van der Waals surface area contributed by atoms with Crippen molar-refractivity contribution in [1.82, 2.24) is 4.98 Å². The Hall–Kier alpha value is -0.890. The molecule has 0 atom stereocenters. The molecular formula is C6H6NO. The highest BCUT2D eigenvalue weighted by atomic mass is 16.3. The number of nitrogens with zero attached hydrogens (tertiary/aromatic N) is 1. The van der Waals surface area contributed by atoms with Crippen LogP contribution in [0.25, 0.3) is 0 Å². The van der Waals surface area contributed by atoms with Crippen LogP contribution in [0.1, 0.15) is 5.56 Å². The van der Waals surface area contributed by atoms with E-state index in [1.165, 1.54) is 0 Å². The minimum absolute atomic E-state index is 0.0217. The van der Waals surface area contributed by atoms with Crippen molar-refractivity contribution in [3.8, 4) is 0 Å². The van der Waals surface area contributed by atoms with Crippen LogP contribution in [0.5, 0.6) is 0 Å². The predicted molar refractivity (Wildman–Crippen MR) is 29.0 cm³/mol. The summed E-state index contributed by atoms with van der Waals surface area (Å²) in [6.45, 7) is 0.0217. The van der Waals surface area contributed by atoms with E-state index in [4.69, 9.17) is 5.11 Å². The molecule has 1 N–H and O–H groups in total. The summed E-state index contributed by atoms with van der Waals surface area (Å²) in [6, 6.07) is 3.54. The molecule has 1 rings (SSSR count). The molecule has 0 amide bonds. The monoisotopic (exact) mass is 108 g/mol. The first-order chi connectivity index (χ1) is 3.93. The average molecular weight is 108 g/mol. The van der Waals surface area contributed by atoms with Gasteiger partial charge in [-0.1, -0.05) is 6.07 Å². The van der Waals surface area contributed by atoms with Crippen LogP contribution < -0.4 is 0 Å². The van der Waals surface area contributed by atoms with Crippen LogP contribution in [0.2, 0.25) is 0 Å². The van der Waals surface area contributed by atoms with Gasteiger partial charge in [-0.2, -0.15) is 0 Å². The van der Waals surface area contributed by atoms with Crippen molar-refractivity contribution in [2.24, 2.45) is 0 Å². The lowest BCUT2D eigenvalue weighted by atomic mass is 10.3. The fourth-order valence-corrected chi connectivity index (χ4v) is 0.448.